The summed E-state index contributed by atoms with van der Waals surface area (Å²) in [6, 6.07) is 20.4. The van der Waals surface area contributed by atoms with Gasteiger partial charge < -0.3 is 19.9 Å². The molecule has 0 spiro atoms. The Bertz CT molecular complexity index is 1290. The number of nitro groups is 1. The number of nitrogens with one attached hydrogen (secondary N) is 1. The molecule has 1 aliphatic rings. The highest BCUT2D eigenvalue weighted by atomic mass is 35.5. The van der Waals surface area contributed by atoms with E-state index in [0.29, 0.717) is 42.6 Å². The van der Waals surface area contributed by atoms with Crippen molar-refractivity contribution < 1.29 is 19.2 Å². The van der Waals surface area contributed by atoms with Crippen LogP contribution in [-0.4, -0.2) is 54.4 Å². The van der Waals surface area contributed by atoms with Gasteiger partial charge in [0, 0.05) is 50.1 Å². The molecule has 4 rings (SSSR count). The zero-order valence-electron chi connectivity index (χ0n) is 19.9. The second-order valence-corrected chi connectivity index (χ2v) is 8.72. The number of carbonyl (C=O) groups excluding carboxylic acids is 2. The van der Waals surface area contributed by atoms with Crippen LogP contribution in [0, 0.1) is 10.1 Å². The maximum Gasteiger partial charge on any atom is 0.269 e. The van der Waals surface area contributed by atoms with Gasteiger partial charge in [-0.15, -0.1) is 0 Å². The number of hydrogen-bond donors (Lipinski definition) is 1. The topological polar surface area (TPSA) is 105 Å². The molecular weight excluding hydrogens is 496 g/mol. The molecule has 0 unspecified atom stereocenters. The van der Waals surface area contributed by atoms with Crippen LogP contribution >= 0.6 is 11.6 Å². The van der Waals surface area contributed by atoms with Gasteiger partial charge in [0.2, 0.25) is 5.91 Å². The molecule has 3 aromatic rings. The third-order valence-electron chi connectivity index (χ3n) is 5.80. The van der Waals surface area contributed by atoms with E-state index in [4.69, 9.17) is 16.3 Å². The van der Waals surface area contributed by atoms with Crippen molar-refractivity contribution in [2.75, 3.05) is 43.0 Å². The van der Waals surface area contributed by atoms with Gasteiger partial charge in [-0.3, -0.25) is 19.7 Å². The Morgan fingerprint density at radius 3 is 2.35 bits per heavy atom. The van der Waals surface area contributed by atoms with Crippen molar-refractivity contribution in [2.45, 2.75) is 0 Å². The summed E-state index contributed by atoms with van der Waals surface area (Å²) in [6.07, 6.45) is 3.41. The first-order valence-electron chi connectivity index (χ1n) is 11.6. The van der Waals surface area contributed by atoms with Crippen LogP contribution in [-0.2, 0) is 9.59 Å². The van der Waals surface area contributed by atoms with Gasteiger partial charge in [-0.25, -0.2) is 0 Å². The molecule has 0 radical (unpaired) electrons. The average molecular weight is 521 g/mol. The fraction of sp³-hybridized carbons (Fsp3) is 0.185. The van der Waals surface area contributed by atoms with E-state index in [1.54, 1.807) is 18.2 Å². The number of amides is 2. The molecule has 0 aromatic heterocycles. The number of hydrogen-bond acceptors (Lipinski definition) is 6. The predicted octanol–water partition coefficient (Wildman–Crippen LogP) is 4.63. The largest absolute Gasteiger partial charge is 0.484 e. The molecule has 10 heteroatoms. The van der Waals surface area contributed by atoms with Gasteiger partial charge in [0.05, 0.1) is 15.6 Å². The summed E-state index contributed by atoms with van der Waals surface area (Å²) >= 11 is 6.51. The Balaban J connectivity index is 1.26. The summed E-state index contributed by atoms with van der Waals surface area (Å²) in [5, 5.41) is 13.9. The molecule has 0 aliphatic carbocycles. The summed E-state index contributed by atoms with van der Waals surface area (Å²) in [7, 11) is 0. The van der Waals surface area contributed by atoms with Crippen LogP contribution in [0.1, 0.15) is 5.56 Å². The highest BCUT2D eigenvalue weighted by molar-refractivity contribution is 6.33. The van der Waals surface area contributed by atoms with Crippen molar-refractivity contribution in [3.8, 4) is 5.75 Å². The van der Waals surface area contributed by atoms with E-state index in [0.717, 1.165) is 11.3 Å². The number of rotatable bonds is 8. The van der Waals surface area contributed by atoms with Gasteiger partial charge in [-0.2, -0.15) is 0 Å². The minimum atomic E-state index is -0.506. The fourth-order valence-electron chi connectivity index (χ4n) is 3.86. The van der Waals surface area contributed by atoms with Crippen LogP contribution in [0.5, 0.6) is 5.75 Å². The molecule has 0 saturated carbocycles. The lowest BCUT2D eigenvalue weighted by Crippen LogP contribution is -2.48. The number of nitro benzene ring substituents is 1. The van der Waals surface area contributed by atoms with E-state index in [9.17, 15) is 19.7 Å². The van der Waals surface area contributed by atoms with Crippen molar-refractivity contribution in [3.05, 3.63) is 99.6 Å². The number of benzene rings is 3. The van der Waals surface area contributed by atoms with Crippen molar-refractivity contribution in [1.29, 1.82) is 0 Å². The van der Waals surface area contributed by atoms with E-state index in [1.807, 2.05) is 47.4 Å². The van der Waals surface area contributed by atoms with Crippen molar-refractivity contribution in [3.63, 3.8) is 0 Å². The molecule has 9 nitrogen and oxygen atoms in total. The van der Waals surface area contributed by atoms with Gasteiger partial charge in [-0.1, -0.05) is 41.9 Å². The first-order valence-corrected chi connectivity index (χ1v) is 12.0. The van der Waals surface area contributed by atoms with Gasteiger partial charge in [0.15, 0.2) is 6.61 Å². The molecule has 1 N–H and O–H groups in total. The van der Waals surface area contributed by atoms with E-state index in [2.05, 4.69) is 10.2 Å². The molecular formula is C27H25ClN4O5. The molecule has 1 fully saturated rings. The maximum absolute atomic E-state index is 12.5. The summed E-state index contributed by atoms with van der Waals surface area (Å²) in [5.41, 5.74) is 2.27. The number of halogens is 1. The number of carbonyl (C=O) groups is 2. The summed E-state index contributed by atoms with van der Waals surface area (Å²) in [5.74, 6) is -0.0660. The SMILES string of the molecule is O=C(COc1ccc([N+](=O)[O-])cc1)Nc1ccc(N2CCN(C(=O)/C=C/c3ccccc3)CC2)c(Cl)c1. The molecule has 2 amide bonds. The average Bonchev–Trinajstić information content (AvgIpc) is 2.91. The maximum atomic E-state index is 12.5. The second kappa shape index (κ2) is 12.0. The molecule has 190 valence electrons. The second-order valence-electron chi connectivity index (χ2n) is 8.31. The molecule has 3 aromatic carbocycles. The lowest BCUT2D eigenvalue weighted by molar-refractivity contribution is -0.384. The van der Waals surface area contributed by atoms with E-state index >= 15 is 0 Å². The Kier molecular flexibility index (Phi) is 8.37. The Hall–Kier alpha value is -4.37. The smallest absolute Gasteiger partial charge is 0.269 e. The van der Waals surface area contributed by atoms with Crippen LogP contribution in [0.15, 0.2) is 78.9 Å². The molecule has 1 heterocycles. The van der Waals surface area contributed by atoms with E-state index in [-0.39, 0.29) is 18.2 Å². The van der Waals surface area contributed by atoms with E-state index < -0.39 is 10.8 Å². The third kappa shape index (κ3) is 7.08. The van der Waals surface area contributed by atoms with Gasteiger partial charge in [0.25, 0.3) is 11.6 Å². The standard InChI is InChI=1S/C27H25ClN4O5/c28-24-18-21(29-26(33)19-37-23-10-8-22(9-11-23)32(35)36)7-12-25(24)30-14-16-31(17-15-30)27(34)13-6-20-4-2-1-3-5-20/h1-13,18H,14-17,19H2,(H,29,33)/b13-6+. The Labute approximate surface area is 219 Å². The molecule has 1 aliphatic heterocycles. The lowest BCUT2D eigenvalue weighted by atomic mass is 10.2. The fourth-order valence-corrected chi connectivity index (χ4v) is 4.16. The first kappa shape index (κ1) is 25.7. The normalized spacial score (nSPS) is 13.4. The van der Waals surface area contributed by atoms with Crippen LogP contribution < -0.4 is 15.0 Å². The van der Waals surface area contributed by atoms with E-state index in [1.165, 1.54) is 24.3 Å². The Morgan fingerprint density at radius 1 is 1.00 bits per heavy atom. The predicted molar refractivity (Wildman–Crippen MR) is 143 cm³/mol. The summed E-state index contributed by atoms with van der Waals surface area (Å²) in [4.78, 5) is 38.9. The molecule has 0 bridgehead atoms. The lowest BCUT2D eigenvalue weighted by Gasteiger charge is -2.36. The number of piperazine rings is 1. The molecule has 0 atom stereocenters. The van der Waals surface area contributed by atoms with Crippen molar-refractivity contribution >= 4 is 46.6 Å². The number of non-ortho nitro benzene ring substituents is 1. The zero-order valence-corrected chi connectivity index (χ0v) is 20.6. The highest BCUT2D eigenvalue weighted by Crippen LogP contribution is 2.30. The number of anilines is 2. The van der Waals surface area contributed by atoms with Gasteiger partial charge in [0.1, 0.15) is 5.75 Å². The van der Waals surface area contributed by atoms with Crippen LogP contribution in [0.25, 0.3) is 6.08 Å². The summed E-state index contributed by atoms with van der Waals surface area (Å²) < 4.78 is 5.38. The zero-order chi connectivity index (χ0) is 26.2. The third-order valence-corrected chi connectivity index (χ3v) is 6.10. The molecule has 1 saturated heterocycles. The monoisotopic (exact) mass is 520 g/mol. The minimum Gasteiger partial charge on any atom is -0.484 e. The Morgan fingerprint density at radius 2 is 1.70 bits per heavy atom. The van der Waals surface area contributed by atoms with Crippen LogP contribution in [0.3, 0.4) is 0 Å². The summed E-state index contributed by atoms with van der Waals surface area (Å²) in [6.45, 7) is 2.17. The number of ether oxygens (including phenoxy) is 1. The van der Waals surface area contributed by atoms with Crippen LogP contribution in [0.2, 0.25) is 5.02 Å². The van der Waals surface area contributed by atoms with Gasteiger partial charge in [-0.05, 0) is 42.0 Å². The first-order chi connectivity index (χ1) is 17.9. The van der Waals surface area contributed by atoms with Crippen molar-refractivity contribution in [1.82, 2.24) is 4.90 Å². The quantitative estimate of drug-likeness (QED) is 0.264. The number of nitrogens with zero attached hydrogens (tertiary/aromatic N) is 3. The minimum absolute atomic E-state index is 0.0244. The molecule has 37 heavy (non-hydrogen) atoms. The van der Waals surface area contributed by atoms with Crippen molar-refractivity contribution in [2.24, 2.45) is 0 Å². The van der Waals surface area contributed by atoms with Gasteiger partial charge >= 0.3 is 0 Å². The van der Waals surface area contributed by atoms with Crippen LogP contribution in [0.4, 0.5) is 17.1 Å². The highest BCUT2D eigenvalue weighted by Gasteiger charge is 2.21.